The predicted molar refractivity (Wildman–Crippen MR) is 44.8 cm³/mol. The number of rotatable bonds is 2. The normalized spacial score (nSPS) is 20.5. The van der Waals surface area contributed by atoms with Gasteiger partial charge in [0.25, 0.3) is 0 Å². The van der Waals surface area contributed by atoms with E-state index < -0.39 is 0 Å². The Hall–Kier alpha value is -0.460. The van der Waals surface area contributed by atoms with Crippen molar-refractivity contribution < 1.29 is 0 Å². The van der Waals surface area contributed by atoms with Crippen LogP contribution in [0, 0.1) is 0 Å². The van der Waals surface area contributed by atoms with Crippen LogP contribution in [0.15, 0.2) is 12.8 Å². The van der Waals surface area contributed by atoms with E-state index >= 15 is 0 Å². The van der Waals surface area contributed by atoms with Gasteiger partial charge in [0.2, 0.25) is 0 Å². The molecule has 0 unspecified atom stereocenters. The fourth-order valence-electron chi connectivity index (χ4n) is 1.64. The lowest BCUT2D eigenvalue weighted by atomic mass is 9.95. The van der Waals surface area contributed by atoms with Gasteiger partial charge in [-0.15, -0.1) is 0 Å². The average Bonchev–Trinajstić information content (AvgIpc) is 2.05. The minimum atomic E-state index is 0.784. The summed E-state index contributed by atoms with van der Waals surface area (Å²) in [5.74, 6) is 0. The fourth-order valence-corrected chi connectivity index (χ4v) is 1.64. The van der Waals surface area contributed by atoms with Crippen LogP contribution >= 0.6 is 0 Å². The lowest BCUT2D eigenvalue weighted by Gasteiger charge is -2.29. The molecule has 0 aliphatic heterocycles. The first-order valence-corrected chi connectivity index (χ1v) is 4.19. The van der Waals surface area contributed by atoms with Crippen molar-refractivity contribution >= 4 is 0 Å². The molecule has 0 saturated heterocycles. The third kappa shape index (κ3) is 1.76. The Bertz CT molecular complexity index is 103. The van der Waals surface area contributed by atoms with Crippen molar-refractivity contribution in [2.24, 2.45) is 0 Å². The van der Waals surface area contributed by atoms with Gasteiger partial charge in [0.05, 0.1) is 0 Å². The molecule has 0 atom stereocenters. The number of nitrogens with zero attached hydrogens (tertiary/aromatic N) is 1. The summed E-state index contributed by atoms with van der Waals surface area (Å²) in [6.45, 7) is 3.76. The van der Waals surface area contributed by atoms with E-state index in [9.17, 15) is 0 Å². The second-order valence-electron chi connectivity index (χ2n) is 3.14. The molecule has 0 N–H and O–H groups in total. The maximum atomic E-state index is 3.76. The summed E-state index contributed by atoms with van der Waals surface area (Å²) in [6.07, 6.45) is 8.91. The molecule has 0 heterocycles. The standard InChI is InChI=1S/C9H17N/c1-3-10(2)9-7-5-4-6-8-9/h3,9H,1,4-8H2,2H3. The van der Waals surface area contributed by atoms with Crippen LogP contribution in [-0.4, -0.2) is 18.0 Å². The van der Waals surface area contributed by atoms with Crippen molar-refractivity contribution in [1.82, 2.24) is 4.90 Å². The van der Waals surface area contributed by atoms with E-state index in [4.69, 9.17) is 0 Å². The molecular weight excluding hydrogens is 122 g/mol. The summed E-state index contributed by atoms with van der Waals surface area (Å²) >= 11 is 0. The molecule has 1 nitrogen and oxygen atoms in total. The lowest BCUT2D eigenvalue weighted by Crippen LogP contribution is -2.28. The molecule has 0 amide bonds. The van der Waals surface area contributed by atoms with Crippen molar-refractivity contribution in [3.05, 3.63) is 12.8 Å². The zero-order chi connectivity index (χ0) is 7.40. The van der Waals surface area contributed by atoms with Crippen molar-refractivity contribution in [2.75, 3.05) is 7.05 Å². The number of hydrogen-bond acceptors (Lipinski definition) is 1. The second-order valence-corrected chi connectivity index (χ2v) is 3.14. The van der Waals surface area contributed by atoms with Crippen LogP contribution in [0.1, 0.15) is 32.1 Å². The quantitative estimate of drug-likeness (QED) is 0.568. The molecule has 10 heavy (non-hydrogen) atoms. The lowest BCUT2D eigenvalue weighted by molar-refractivity contribution is 0.254. The van der Waals surface area contributed by atoms with Gasteiger partial charge in [-0.2, -0.15) is 0 Å². The molecule has 1 saturated carbocycles. The van der Waals surface area contributed by atoms with Crippen LogP contribution in [0.5, 0.6) is 0 Å². The first kappa shape index (κ1) is 7.64. The van der Waals surface area contributed by atoms with Gasteiger partial charge in [0.15, 0.2) is 0 Å². The maximum absolute atomic E-state index is 3.76. The molecule has 0 aromatic rings. The van der Waals surface area contributed by atoms with E-state index in [0.29, 0.717) is 0 Å². The van der Waals surface area contributed by atoms with Crippen LogP contribution in [0.2, 0.25) is 0 Å². The Morgan fingerprint density at radius 1 is 1.30 bits per heavy atom. The van der Waals surface area contributed by atoms with Crippen molar-refractivity contribution in [1.29, 1.82) is 0 Å². The Morgan fingerprint density at radius 3 is 2.40 bits per heavy atom. The highest BCUT2D eigenvalue weighted by molar-refractivity contribution is 4.79. The van der Waals surface area contributed by atoms with E-state index in [0.717, 1.165) is 6.04 Å². The topological polar surface area (TPSA) is 3.24 Å². The largest absolute Gasteiger partial charge is 0.378 e. The molecule has 0 radical (unpaired) electrons. The van der Waals surface area contributed by atoms with Gasteiger partial charge in [-0.25, -0.2) is 0 Å². The van der Waals surface area contributed by atoms with Gasteiger partial charge in [-0.1, -0.05) is 25.8 Å². The zero-order valence-corrected chi connectivity index (χ0v) is 6.84. The van der Waals surface area contributed by atoms with E-state index in [-0.39, 0.29) is 0 Å². The van der Waals surface area contributed by atoms with Crippen LogP contribution in [0.25, 0.3) is 0 Å². The smallest absolute Gasteiger partial charge is 0.0280 e. The fraction of sp³-hybridized carbons (Fsp3) is 0.778. The highest BCUT2D eigenvalue weighted by Crippen LogP contribution is 2.21. The molecule has 0 aromatic heterocycles. The van der Waals surface area contributed by atoms with Crippen LogP contribution in [0.4, 0.5) is 0 Å². The monoisotopic (exact) mass is 139 g/mol. The SMILES string of the molecule is C=CN(C)C1CCCCC1. The Morgan fingerprint density at radius 2 is 1.90 bits per heavy atom. The Balaban J connectivity index is 2.30. The molecule has 1 heteroatoms. The predicted octanol–water partition coefficient (Wildman–Crippen LogP) is 2.39. The highest BCUT2D eigenvalue weighted by Gasteiger charge is 2.14. The second kappa shape index (κ2) is 3.65. The van der Waals surface area contributed by atoms with E-state index in [1.54, 1.807) is 0 Å². The van der Waals surface area contributed by atoms with Gasteiger partial charge in [-0.3, -0.25) is 0 Å². The van der Waals surface area contributed by atoms with E-state index in [1.165, 1.54) is 32.1 Å². The summed E-state index contributed by atoms with van der Waals surface area (Å²) < 4.78 is 0. The Labute approximate surface area is 63.7 Å². The third-order valence-electron chi connectivity index (χ3n) is 2.44. The van der Waals surface area contributed by atoms with E-state index in [1.807, 2.05) is 6.20 Å². The zero-order valence-electron chi connectivity index (χ0n) is 6.84. The van der Waals surface area contributed by atoms with Gasteiger partial charge >= 0.3 is 0 Å². The Kier molecular flexibility index (Phi) is 2.79. The summed E-state index contributed by atoms with van der Waals surface area (Å²) in [6, 6.07) is 0.784. The average molecular weight is 139 g/mol. The van der Waals surface area contributed by atoms with Crippen LogP contribution < -0.4 is 0 Å². The summed E-state index contributed by atoms with van der Waals surface area (Å²) in [5.41, 5.74) is 0. The van der Waals surface area contributed by atoms with Crippen molar-refractivity contribution in [3.8, 4) is 0 Å². The first-order valence-electron chi connectivity index (χ1n) is 4.19. The van der Waals surface area contributed by atoms with Gasteiger partial charge < -0.3 is 4.90 Å². The summed E-state index contributed by atoms with van der Waals surface area (Å²) in [5, 5.41) is 0. The molecule has 0 bridgehead atoms. The molecule has 1 rings (SSSR count). The van der Waals surface area contributed by atoms with Crippen LogP contribution in [-0.2, 0) is 0 Å². The van der Waals surface area contributed by atoms with E-state index in [2.05, 4.69) is 18.5 Å². The van der Waals surface area contributed by atoms with Gasteiger partial charge in [0.1, 0.15) is 0 Å². The molecule has 58 valence electrons. The maximum Gasteiger partial charge on any atom is 0.0280 e. The van der Waals surface area contributed by atoms with Gasteiger partial charge in [-0.05, 0) is 19.0 Å². The first-order chi connectivity index (χ1) is 4.84. The molecule has 1 fully saturated rings. The van der Waals surface area contributed by atoms with Gasteiger partial charge in [0, 0.05) is 13.1 Å². The third-order valence-corrected chi connectivity index (χ3v) is 2.44. The summed E-state index contributed by atoms with van der Waals surface area (Å²) in [7, 11) is 2.13. The van der Waals surface area contributed by atoms with Crippen LogP contribution in [0.3, 0.4) is 0 Å². The molecule has 0 spiro atoms. The molecule has 0 aromatic carbocycles. The molecular formula is C9H17N. The highest BCUT2D eigenvalue weighted by atomic mass is 15.1. The van der Waals surface area contributed by atoms with Crippen molar-refractivity contribution in [3.63, 3.8) is 0 Å². The minimum Gasteiger partial charge on any atom is -0.378 e. The summed E-state index contributed by atoms with van der Waals surface area (Å²) in [4.78, 5) is 2.25. The van der Waals surface area contributed by atoms with Crippen molar-refractivity contribution in [2.45, 2.75) is 38.1 Å². The molecule has 1 aliphatic rings. The minimum absolute atomic E-state index is 0.784. The number of hydrogen-bond donors (Lipinski definition) is 0. The molecule has 1 aliphatic carbocycles.